The number of ketones is 1. The molecule has 0 bridgehead atoms. The van der Waals surface area contributed by atoms with Crippen LogP contribution in [0, 0.1) is 6.92 Å². The first-order valence-electron chi connectivity index (χ1n) is 12.0. The molecule has 0 aliphatic heterocycles. The van der Waals surface area contributed by atoms with Gasteiger partial charge in [0.05, 0.1) is 5.75 Å². The molecule has 1 aromatic heterocycles. The van der Waals surface area contributed by atoms with Gasteiger partial charge in [-0.2, -0.15) is 0 Å². The molecule has 7 heteroatoms. The molecule has 1 aliphatic rings. The van der Waals surface area contributed by atoms with Gasteiger partial charge in [-0.3, -0.25) is 14.2 Å². The zero-order valence-corrected chi connectivity index (χ0v) is 20.7. The normalized spacial score (nSPS) is 14.2. The van der Waals surface area contributed by atoms with Crippen molar-refractivity contribution in [2.75, 3.05) is 12.3 Å². The van der Waals surface area contributed by atoms with Crippen molar-refractivity contribution in [3.05, 3.63) is 71.0 Å². The summed E-state index contributed by atoms with van der Waals surface area (Å²) in [5, 5.41) is 12.2. The minimum atomic E-state index is -0.0731. The van der Waals surface area contributed by atoms with Gasteiger partial charge in [-0.1, -0.05) is 73.0 Å². The Kier molecular flexibility index (Phi) is 8.16. The highest BCUT2D eigenvalue weighted by atomic mass is 32.2. The van der Waals surface area contributed by atoms with Gasteiger partial charge >= 0.3 is 0 Å². The lowest BCUT2D eigenvalue weighted by molar-refractivity contribution is -0.118. The number of hydrogen-bond donors (Lipinski definition) is 1. The van der Waals surface area contributed by atoms with Gasteiger partial charge in [0.1, 0.15) is 5.82 Å². The van der Waals surface area contributed by atoms with Crippen LogP contribution in [0.3, 0.4) is 0 Å². The van der Waals surface area contributed by atoms with Crippen LogP contribution in [-0.4, -0.2) is 38.8 Å². The number of thioether (sulfide) groups is 1. The van der Waals surface area contributed by atoms with Crippen molar-refractivity contribution in [3.63, 3.8) is 0 Å². The van der Waals surface area contributed by atoms with Crippen LogP contribution < -0.4 is 5.32 Å². The molecule has 2 aromatic carbocycles. The lowest BCUT2D eigenvalue weighted by Crippen LogP contribution is -2.23. The maximum atomic E-state index is 12.9. The maximum Gasteiger partial charge on any atom is 0.216 e. The van der Waals surface area contributed by atoms with Gasteiger partial charge in [0.25, 0.3) is 0 Å². The summed E-state index contributed by atoms with van der Waals surface area (Å²) in [6, 6.07) is 16.3. The van der Waals surface area contributed by atoms with E-state index in [1.807, 2.05) is 47.9 Å². The molecule has 1 N–H and O–H groups in total. The quantitative estimate of drug-likeness (QED) is 0.336. The Balaban J connectivity index is 1.46. The molecule has 1 fully saturated rings. The van der Waals surface area contributed by atoms with Gasteiger partial charge in [0.15, 0.2) is 10.9 Å². The lowest BCUT2D eigenvalue weighted by Gasteiger charge is -2.22. The van der Waals surface area contributed by atoms with E-state index < -0.39 is 0 Å². The summed E-state index contributed by atoms with van der Waals surface area (Å²) in [4.78, 5) is 24.2. The number of carbonyl (C=O) groups excluding carboxylic acids is 2. The second-order valence-electron chi connectivity index (χ2n) is 8.97. The monoisotopic (exact) mass is 476 g/mol. The number of benzene rings is 2. The average molecular weight is 477 g/mol. The van der Waals surface area contributed by atoms with E-state index in [0.29, 0.717) is 29.8 Å². The van der Waals surface area contributed by atoms with Gasteiger partial charge in [0, 0.05) is 31.1 Å². The first kappa shape index (κ1) is 24.2. The number of rotatable bonds is 9. The van der Waals surface area contributed by atoms with Crippen LogP contribution >= 0.6 is 11.8 Å². The van der Waals surface area contributed by atoms with Gasteiger partial charge in [-0.25, -0.2) is 0 Å². The summed E-state index contributed by atoms with van der Waals surface area (Å²) in [6.07, 6.45) is 7.00. The number of amides is 1. The third-order valence-corrected chi connectivity index (χ3v) is 7.29. The smallest absolute Gasteiger partial charge is 0.216 e. The lowest BCUT2D eigenvalue weighted by atomic mass is 9.84. The highest BCUT2D eigenvalue weighted by Crippen LogP contribution is 2.32. The topological polar surface area (TPSA) is 76.9 Å². The molecular weight excluding hydrogens is 444 g/mol. The molecule has 0 saturated heterocycles. The number of aryl methyl sites for hydroxylation is 1. The van der Waals surface area contributed by atoms with E-state index in [-0.39, 0.29) is 11.7 Å². The fourth-order valence-corrected chi connectivity index (χ4v) is 5.32. The standard InChI is InChI=1S/C27H32N4O2S/c1-19-8-14-24(15-9-19)31-26(16-17-28-20(2)32)29-30-27(31)34-18-25(33)23-12-10-22(11-13-23)21-6-4-3-5-7-21/h8-15,21H,3-7,16-18H2,1-2H3,(H,28,32). The van der Waals surface area contributed by atoms with Gasteiger partial charge in [-0.15, -0.1) is 10.2 Å². The van der Waals surface area contributed by atoms with E-state index in [2.05, 4.69) is 27.6 Å². The van der Waals surface area contributed by atoms with Crippen molar-refractivity contribution in [1.29, 1.82) is 0 Å². The highest BCUT2D eigenvalue weighted by Gasteiger charge is 2.18. The molecule has 1 heterocycles. The van der Waals surface area contributed by atoms with E-state index in [0.717, 1.165) is 22.6 Å². The summed E-state index contributed by atoms with van der Waals surface area (Å²) < 4.78 is 1.98. The van der Waals surface area contributed by atoms with E-state index in [1.165, 1.54) is 56.4 Å². The largest absolute Gasteiger partial charge is 0.356 e. The Morgan fingerprint density at radius 3 is 2.38 bits per heavy atom. The Morgan fingerprint density at radius 2 is 1.71 bits per heavy atom. The second-order valence-corrected chi connectivity index (χ2v) is 9.91. The fourth-order valence-electron chi connectivity index (χ4n) is 4.45. The molecule has 6 nitrogen and oxygen atoms in total. The number of hydrogen-bond acceptors (Lipinski definition) is 5. The van der Waals surface area contributed by atoms with Crippen LogP contribution in [0.1, 0.15) is 72.3 Å². The van der Waals surface area contributed by atoms with Crippen molar-refractivity contribution < 1.29 is 9.59 Å². The molecule has 3 aromatic rings. The van der Waals surface area contributed by atoms with Crippen LogP contribution in [0.2, 0.25) is 0 Å². The van der Waals surface area contributed by atoms with Crippen molar-refractivity contribution in [2.24, 2.45) is 0 Å². The third-order valence-electron chi connectivity index (χ3n) is 6.36. The van der Waals surface area contributed by atoms with E-state index in [9.17, 15) is 9.59 Å². The zero-order valence-electron chi connectivity index (χ0n) is 19.9. The predicted octanol–water partition coefficient (Wildman–Crippen LogP) is 5.28. The Morgan fingerprint density at radius 1 is 1.00 bits per heavy atom. The second kappa shape index (κ2) is 11.5. The highest BCUT2D eigenvalue weighted by molar-refractivity contribution is 7.99. The number of carbonyl (C=O) groups is 2. The molecule has 4 rings (SSSR count). The molecule has 1 saturated carbocycles. The van der Waals surface area contributed by atoms with Crippen molar-refractivity contribution in [2.45, 2.75) is 63.4 Å². The summed E-state index contributed by atoms with van der Waals surface area (Å²) >= 11 is 1.39. The Labute approximate surface area is 205 Å². The van der Waals surface area contributed by atoms with Gasteiger partial charge in [0.2, 0.25) is 5.91 Å². The first-order chi connectivity index (χ1) is 16.5. The number of Topliss-reactive ketones (excluding diaryl/α,β-unsaturated/α-hetero) is 1. The molecule has 1 aliphatic carbocycles. The fraction of sp³-hybridized carbons (Fsp3) is 0.407. The number of nitrogens with one attached hydrogen (secondary N) is 1. The average Bonchev–Trinajstić information content (AvgIpc) is 3.26. The molecule has 0 unspecified atom stereocenters. The molecule has 178 valence electrons. The Bertz CT molecular complexity index is 1120. The summed E-state index contributed by atoms with van der Waals surface area (Å²) in [7, 11) is 0. The van der Waals surface area contributed by atoms with Crippen molar-refractivity contribution in [3.8, 4) is 5.69 Å². The predicted molar refractivity (Wildman–Crippen MR) is 136 cm³/mol. The first-order valence-corrected chi connectivity index (χ1v) is 13.0. The molecular formula is C27H32N4O2S. The minimum absolute atomic E-state index is 0.0731. The van der Waals surface area contributed by atoms with Crippen LogP contribution in [0.25, 0.3) is 5.69 Å². The van der Waals surface area contributed by atoms with Gasteiger partial charge < -0.3 is 5.32 Å². The SMILES string of the molecule is CC(=O)NCCc1nnc(SCC(=O)c2ccc(C3CCCCC3)cc2)n1-c1ccc(C)cc1. The van der Waals surface area contributed by atoms with E-state index in [4.69, 9.17) is 0 Å². The van der Waals surface area contributed by atoms with E-state index in [1.54, 1.807) is 0 Å². The summed E-state index contributed by atoms with van der Waals surface area (Å²) in [5.74, 6) is 1.69. The summed E-state index contributed by atoms with van der Waals surface area (Å²) in [6.45, 7) is 4.02. The zero-order chi connectivity index (χ0) is 23.9. The van der Waals surface area contributed by atoms with Crippen LogP contribution in [0.5, 0.6) is 0 Å². The molecule has 0 atom stereocenters. The third kappa shape index (κ3) is 6.14. The molecule has 34 heavy (non-hydrogen) atoms. The Hall–Kier alpha value is -2.93. The maximum absolute atomic E-state index is 12.9. The van der Waals surface area contributed by atoms with Crippen molar-refractivity contribution in [1.82, 2.24) is 20.1 Å². The summed E-state index contributed by atoms with van der Waals surface area (Å²) in [5.41, 5.74) is 4.20. The van der Waals surface area contributed by atoms with E-state index >= 15 is 0 Å². The molecule has 0 spiro atoms. The van der Waals surface area contributed by atoms with Crippen LogP contribution in [0.15, 0.2) is 53.7 Å². The van der Waals surface area contributed by atoms with Gasteiger partial charge in [-0.05, 0) is 43.4 Å². The number of nitrogens with zero attached hydrogens (tertiary/aromatic N) is 3. The number of aromatic nitrogens is 3. The van der Waals surface area contributed by atoms with Crippen LogP contribution in [-0.2, 0) is 11.2 Å². The molecule has 0 radical (unpaired) electrons. The minimum Gasteiger partial charge on any atom is -0.356 e. The molecule has 1 amide bonds. The van der Waals surface area contributed by atoms with Crippen LogP contribution in [0.4, 0.5) is 0 Å². The van der Waals surface area contributed by atoms with Crippen molar-refractivity contribution >= 4 is 23.5 Å².